The second kappa shape index (κ2) is 4.78. The SMILES string of the molecule is COc1ccc(COCC2C3CC(=O)C(=O)C23)cc1. The zero-order valence-electron chi connectivity index (χ0n) is 10.8. The van der Waals surface area contributed by atoms with Crippen LogP contribution in [-0.2, 0) is 20.9 Å². The van der Waals surface area contributed by atoms with Gasteiger partial charge in [-0.3, -0.25) is 9.59 Å². The van der Waals surface area contributed by atoms with Crippen LogP contribution in [0.5, 0.6) is 5.75 Å². The van der Waals surface area contributed by atoms with Gasteiger partial charge in [0.25, 0.3) is 0 Å². The first kappa shape index (κ1) is 12.4. The molecule has 0 N–H and O–H groups in total. The zero-order chi connectivity index (χ0) is 13.4. The lowest BCUT2D eigenvalue weighted by atomic mass is 10.1. The van der Waals surface area contributed by atoms with Gasteiger partial charge in [0.15, 0.2) is 5.78 Å². The Hall–Kier alpha value is -1.68. The minimum Gasteiger partial charge on any atom is -0.497 e. The van der Waals surface area contributed by atoms with Gasteiger partial charge in [-0.05, 0) is 29.5 Å². The van der Waals surface area contributed by atoms with Gasteiger partial charge >= 0.3 is 0 Å². The summed E-state index contributed by atoms with van der Waals surface area (Å²) in [4.78, 5) is 22.6. The van der Waals surface area contributed by atoms with Gasteiger partial charge in [-0.2, -0.15) is 0 Å². The summed E-state index contributed by atoms with van der Waals surface area (Å²) in [5.41, 5.74) is 1.08. The highest BCUT2D eigenvalue weighted by Gasteiger charge is 2.61. The molecule has 0 bridgehead atoms. The molecule has 3 atom stereocenters. The topological polar surface area (TPSA) is 52.6 Å². The monoisotopic (exact) mass is 260 g/mol. The molecule has 2 aliphatic carbocycles. The van der Waals surface area contributed by atoms with E-state index in [0.717, 1.165) is 11.3 Å². The first-order chi connectivity index (χ1) is 9.20. The summed E-state index contributed by atoms with van der Waals surface area (Å²) in [7, 11) is 1.63. The Labute approximate surface area is 111 Å². The maximum absolute atomic E-state index is 11.4. The molecule has 3 rings (SSSR count). The number of methoxy groups -OCH3 is 1. The maximum atomic E-state index is 11.4. The summed E-state index contributed by atoms with van der Waals surface area (Å²) < 4.78 is 10.7. The number of hydrogen-bond donors (Lipinski definition) is 0. The molecule has 0 spiro atoms. The minimum atomic E-state index is -0.193. The summed E-state index contributed by atoms with van der Waals surface area (Å²) in [6.07, 6.45) is 0.431. The molecule has 19 heavy (non-hydrogen) atoms. The van der Waals surface area contributed by atoms with Gasteiger partial charge in [0, 0.05) is 12.3 Å². The van der Waals surface area contributed by atoms with Crippen molar-refractivity contribution >= 4 is 11.6 Å². The highest BCUT2D eigenvalue weighted by atomic mass is 16.5. The molecule has 4 nitrogen and oxygen atoms in total. The molecule has 0 radical (unpaired) electrons. The van der Waals surface area contributed by atoms with E-state index < -0.39 is 0 Å². The summed E-state index contributed by atoms with van der Waals surface area (Å²) in [6.45, 7) is 1.10. The van der Waals surface area contributed by atoms with Crippen LogP contribution in [0.15, 0.2) is 24.3 Å². The molecule has 0 saturated heterocycles. The predicted octanol–water partition coefficient (Wildman–Crippen LogP) is 1.62. The summed E-state index contributed by atoms with van der Waals surface area (Å²) in [6, 6.07) is 7.71. The predicted molar refractivity (Wildman–Crippen MR) is 67.8 cm³/mol. The number of Topliss-reactive ketones (excluding diaryl/α,β-unsaturated/α-hetero) is 2. The van der Waals surface area contributed by atoms with Crippen molar-refractivity contribution < 1.29 is 19.1 Å². The quantitative estimate of drug-likeness (QED) is 0.755. The highest BCUT2D eigenvalue weighted by Crippen LogP contribution is 2.54. The van der Waals surface area contributed by atoms with Crippen LogP contribution in [0.2, 0.25) is 0 Å². The number of ketones is 2. The number of hydrogen-bond acceptors (Lipinski definition) is 4. The number of benzene rings is 1. The van der Waals surface area contributed by atoms with Crippen molar-refractivity contribution in [1.82, 2.24) is 0 Å². The lowest BCUT2D eigenvalue weighted by molar-refractivity contribution is -0.136. The van der Waals surface area contributed by atoms with Crippen LogP contribution in [0.1, 0.15) is 12.0 Å². The van der Waals surface area contributed by atoms with Crippen molar-refractivity contribution in [2.24, 2.45) is 17.8 Å². The molecule has 1 aromatic rings. The van der Waals surface area contributed by atoms with Gasteiger partial charge in [0.2, 0.25) is 5.78 Å². The van der Waals surface area contributed by atoms with Crippen molar-refractivity contribution in [3.63, 3.8) is 0 Å². The Bertz CT molecular complexity index is 505. The van der Waals surface area contributed by atoms with Gasteiger partial charge in [-0.1, -0.05) is 12.1 Å². The normalized spacial score (nSPS) is 28.4. The highest BCUT2D eigenvalue weighted by molar-refractivity contribution is 6.41. The molecule has 2 fully saturated rings. The van der Waals surface area contributed by atoms with E-state index in [9.17, 15) is 9.59 Å². The third kappa shape index (κ3) is 2.28. The van der Waals surface area contributed by atoms with Crippen molar-refractivity contribution in [3.05, 3.63) is 29.8 Å². The fourth-order valence-corrected chi connectivity index (χ4v) is 2.87. The smallest absolute Gasteiger partial charge is 0.202 e. The fraction of sp³-hybridized carbons (Fsp3) is 0.467. The standard InChI is InChI=1S/C15H16O4/c1-18-10-4-2-9(3-5-10)7-19-8-12-11-6-13(16)15(17)14(11)12/h2-5,11-12,14H,6-8H2,1H3. The van der Waals surface area contributed by atoms with Crippen molar-refractivity contribution in [1.29, 1.82) is 0 Å². The fourth-order valence-electron chi connectivity index (χ4n) is 2.87. The van der Waals surface area contributed by atoms with Crippen LogP contribution in [0.3, 0.4) is 0 Å². The van der Waals surface area contributed by atoms with E-state index in [-0.39, 0.29) is 29.3 Å². The molecule has 2 aliphatic rings. The number of carbonyl (C=O) groups excluding carboxylic acids is 2. The van der Waals surface area contributed by atoms with Gasteiger partial charge < -0.3 is 9.47 Å². The molecule has 3 unspecified atom stereocenters. The number of rotatable bonds is 5. The van der Waals surface area contributed by atoms with Crippen LogP contribution in [0, 0.1) is 17.8 Å². The molecule has 0 aliphatic heterocycles. The Morgan fingerprint density at radius 2 is 1.95 bits per heavy atom. The van der Waals surface area contributed by atoms with Crippen molar-refractivity contribution in [2.45, 2.75) is 13.0 Å². The van der Waals surface area contributed by atoms with E-state index in [4.69, 9.17) is 9.47 Å². The lowest BCUT2D eigenvalue weighted by Gasteiger charge is -2.06. The first-order valence-corrected chi connectivity index (χ1v) is 6.48. The Kier molecular flexibility index (Phi) is 3.11. The second-order valence-electron chi connectivity index (χ2n) is 5.21. The molecule has 2 saturated carbocycles. The van der Waals surface area contributed by atoms with E-state index >= 15 is 0 Å². The molecular weight excluding hydrogens is 244 g/mol. The number of carbonyl (C=O) groups is 2. The average molecular weight is 260 g/mol. The molecular formula is C15H16O4. The summed E-state index contributed by atoms with van der Waals surface area (Å²) in [5.74, 6) is 0.941. The third-order valence-electron chi connectivity index (χ3n) is 4.07. The molecule has 0 amide bonds. The van der Waals surface area contributed by atoms with Crippen LogP contribution in [0.25, 0.3) is 0 Å². The van der Waals surface area contributed by atoms with Crippen LogP contribution in [-0.4, -0.2) is 25.3 Å². The molecule has 100 valence electrons. The minimum absolute atomic E-state index is 0.0385. The van der Waals surface area contributed by atoms with Gasteiger partial charge in [-0.25, -0.2) is 0 Å². The third-order valence-corrected chi connectivity index (χ3v) is 4.07. The number of fused-ring (bicyclic) bond motifs is 1. The summed E-state index contributed by atoms with van der Waals surface area (Å²) in [5, 5.41) is 0. The van der Waals surface area contributed by atoms with E-state index in [1.165, 1.54) is 0 Å². The molecule has 0 heterocycles. The molecule has 1 aromatic carbocycles. The zero-order valence-corrected chi connectivity index (χ0v) is 10.8. The maximum Gasteiger partial charge on any atom is 0.202 e. The van der Waals surface area contributed by atoms with E-state index in [0.29, 0.717) is 19.6 Å². The molecule has 0 aromatic heterocycles. The largest absolute Gasteiger partial charge is 0.497 e. The second-order valence-corrected chi connectivity index (χ2v) is 5.21. The Balaban J connectivity index is 1.45. The molecule has 4 heteroatoms. The summed E-state index contributed by atoms with van der Waals surface area (Å²) >= 11 is 0. The Morgan fingerprint density at radius 3 is 2.53 bits per heavy atom. The van der Waals surface area contributed by atoms with Gasteiger partial charge in [-0.15, -0.1) is 0 Å². The first-order valence-electron chi connectivity index (χ1n) is 6.48. The number of ether oxygens (including phenoxy) is 2. The van der Waals surface area contributed by atoms with Crippen molar-refractivity contribution in [2.75, 3.05) is 13.7 Å². The Morgan fingerprint density at radius 1 is 1.21 bits per heavy atom. The van der Waals surface area contributed by atoms with Gasteiger partial charge in [0.1, 0.15) is 5.75 Å². The lowest BCUT2D eigenvalue weighted by Crippen LogP contribution is -2.14. The average Bonchev–Trinajstić information content (AvgIpc) is 3.01. The van der Waals surface area contributed by atoms with Crippen LogP contribution < -0.4 is 4.74 Å². The van der Waals surface area contributed by atoms with Crippen LogP contribution in [0.4, 0.5) is 0 Å². The van der Waals surface area contributed by atoms with E-state index in [1.54, 1.807) is 7.11 Å². The van der Waals surface area contributed by atoms with Crippen LogP contribution >= 0.6 is 0 Å². The van der Waals surface area contributed by atoms with Crippen molar-refractivity contribution in [3.8, 4) is 5.75 Å². The van der Waals surface area contributed by atoms with Gasteiger partial charge in [0.05, 0.1) is 20.3 Å². The van der Waals surface area contributed by atoms with E-state index in [1.807, 2.05) is 24.3 Å². The van der Waals surface area contributed by atoms with E-state index in [2.05, 4.69) is 0 Å².